The van der Waals surface area contributed by atoms with Crippen molar-refractivity contribution < 1.29 is 39.6 Å². The fourth-order valence-electron chi connectivity index (χ4n) is 3.88. The van der Waals surface area contributed by atoms with Gasteiger partial charge in [0.1, 0.15) is 0 Å². The molecule has 0 radical (unpaired) electrons. The van der Waals surface area contributed by atoms with Gasteiger partial charge < -0.3 is 25.7 Å². The van der Waals surface area contributed by atoms with Gasteiger partial charge in [-0.15, -0.1) is 0 Å². The van der Waals surface area contributed by atoms with E-state index >= 15 is 0 Å². The van der Waals surface area contributed by atoms with Crippen LogP contribution in [-0.4, -0.2) is 156 Å². The van der Waals surface area contributed by atoms with Crippen molar-refractivity contribution in [3.63, 3.8) is 0 Å². The molecule has 5 N–H and O–H groups in total. The minimum atomic E-state index is -0.994. The van der Waals surface area contributed by atoms with Crippen molar-refractivity contribution in [2.45, 2.75) is 47.5 Å². The van der Waals surface area contributed by atoms with Gasteiger partial charge in [-0.3, -0.25) is 38.8 Å². The van der Waals surface area contributed by atoms with Crippen LogP contribution >= 0.6 is 0 Å². The van der Waals surface area contributed by atoms with Crippen LogP contribution in [0.3, 0.4) is 0 Å². The molecule has 13 nitrogen and oxygen atoms in total. The quantitative estimate of drug-likeness (QED) is 0.212. The van der Waals surface area contributed by atoms with Crippen LogP contribution in [-0.2, 0) is 19.2 Å². The largest absolute Gasteiger partial charge is 0.480 e. The number of carboxylic acids is 3. The molecule has 0 aromatic carbocycles. The van der Waals surface area contributed by atoms with Gasteiger partial charge >= 0.3 is 17.9 Å². The van der Waals surface area contributed by atoms with Crippen molar-refractivity contribution in [2.24, 2.45) is 11.3 Å². The Bertz CT molecular complexity index is 728. The van der Waals surface area contributed by atoms with Gasteiger partial charge in [0.25, 0.3) is 0 Å². The van der Waals surface area contributed by atoms with E-state index in [9.17, 15) is 34.5 Å². The molecule has 0 saturated carbocycles. The first-order valence-corrected chi connectivity index (χ1v) is 14.0. The number of aliphatic hydroxyl groups is 1. The summed E-state index contributed by atoms with van der Waals surface area (Å²) in [5.74, 6) is -2.59. The zero-order valence-corrected chi connectivity index (χ0v) is 25.1. The average Bonchev–Trinajstić information content (AvgIpc) is 2.79. The molecule has 1 rings (SSSR count). The molecule has 0 aromatic heterocycles. The summed E-state index contributed by atoms with van der Waals surface area (Å²) in [6.07, 6.45) is 1.77. The molecule has 1 fully saturated rings. The van der Waals surface area contributed by atoms with Crippen LogP contribution in [0, 0.1) is 11.3 Å². The average molecular weight is 576 g/mol. The predicted octanol–water partition coefficient (Wildman–Crippen LogP) is 0.0390. The number of carbonyl (C=O) groups is 4. The van der Waals surface area contributed by atoms with Gasteiger partial charge in [0.2, 0.25) is 5.91 Å². The van der Waals surface area contributed by atoms with E-state index in [1.807, 2.05) is 4.90 Å². The lowest BCUT2D eigenvalue weighted by atomic mass is 9.93. The first-order chi connectivity index (χ1) is 18.6. The Morgan fingerprint density at radius 2 is 1.00 bits per heavy atom. The highest BCUT2D eigenvalue weighted by atomic mass is 16.4. The highest BCUT2D eigenvalue weighted by Gasteiger charge is 2.21. The second-order valence-corrected chi connectivity index (χ2v) is 11.9. The lowest BCUT2D eigenvalue weighted by molar-refractivity contribution is -0.140. The minimum Gasteiger partial charge on any atom is -0.480 e. The molecular formula is C27H53N5O8. The summed E-state index contributed by atoms with van der Waals surface area (Å²) < 4.78 is 0. The third-order valence-corrected chi connectivity index (χ3v) is 6.28. The molecule has 1 heterocycles. The number of aliphatic hydroxyl groups excluding tert-OH is 1. The van der Waals surface area contributed by atoms with Crippen LogP contribution in [0.2, 0.25) is 0 Å². The number of carbonyl (C=O) groups excluding carboxylic acids is 1. The third-order valence-electron chi connectivity index (χ3n) is 6.28. The Morgan fingerprint density at radius 3 is 1.23 bits per heavy atom. The van der Waals surface area contributed by atoms with E-state index in [0.29, 0.717) is 76.8 Å². The van der Waals surface area contributed by atoms with Crippen LogP contribution < -0.4 is 5.32 Å². The van der Waals surface area contributed by atoms with Crippen molar-refractivity contribution >= 4 is 23.8 Å². The Morgan fingerprint density at radius 1 is 0.675 bits per heavy atom. The number of hydrogen-bond donors (Lipinski definition) is 5. The first kappa shape index (κ1) is 37.7. The smallest absolute Gasteiger partial charge is 0.317 e. The molecule has 1 aliphatic heterocycles. The first-order valence-electron chi connectivity index (χ1n) is 14.0. The second-order valence-electron chi connectivity index (χ2n) is 11.9. The van der Waals surface area contributed by atoms with Gasteiger partial charge in [-0.25, -0.2) is 0 Å². The number of amides is 1. The van der Waals surface area contributed by atoms with E-state index in [0.717, 1.165) is 12.8 Å². The lowest BCUT2D eigenvalue weighted by Gasteiger charge is -2.32. The molecule has 0 aromatic rings. The topological polar surface area (TPSA) is 174 Å². The molecular weight excluding hydrogens is 522 g/mol. The van der Waals surface area contributed by atoms with Gasteiger partial charge in [-0.2, -0.15) is 0 Å². The molecule has 0 spiro atoms. The van der Waals surface area contributed by atoms with Gasteiger partial charge in [0.05, 0.1) is 26.2 Å². The SMILES string of the molecule is CC(C)(C)CCO.CC(C)CCNC(=O)CN1CCN(CC(=O)O)CCN(CC(=O)O)CCN(CC(=O)O)CC1. The van der Waals surface area contributed by atoms with Gasteiger partial charge in [-0.05, 0) is 24.2 Å². The molecule has 1 aliphatic rings. The van der Waals surface area contributed by atoms with Gasteiger partial charge in [0, 0.05) is 65.5 Å². The molecule has 0 bridgehead atoms. The van der Waals surface area contributed by atoms with E-state index in [4.69, 9.17) is 5.11 Å². The fraction of sp³-hybridized carbons (Fsp3) is 0.852. The van der Waals surface area contributed by atoms with Crippen LogP contribution in [0.15, 0.2) is 0 Å². The Labute approximate surface area is 239 Å². The number of aliphatic carboxylic acids is 3. The Balaban J connectivity index is 0.00000191. The number of hydrogen-bond acceptors (Lipinski definition) is 9. The van der Waals surface area contributed by atoms with Gasteiger partial charge in [-0.1, -0.05) is 34.6 Å². The second kappa shape index (κ2) is 20.5. The van der Waals surface area contributed by atoms with Crippen LogP contribution in [0.25, 0.3) is 0 Å². The van der Waals surface area contributed by atoms with E-state index in [-0.39, 0.29) is 32.1 Å². The normalized spacial score (nSPS) is 17.3. The maximum Gasteiger partial charge on any atom is 0.317 e. The maximum atomic E-state index is 12.4. The molecule has 40 heavy (non-hydrogen) atoms. The zero-order chi connectivity index (χ0) is 30.7. The van der Waals surface area contributed by atoms with Crippen LogP contribution in [0.5, 0.6) is 0 Å². The van der Waals surface area contributed by atoms with E-state index in [1.165, 1.54) is 0 Å². The summed E-state index contributed by atoms with van der Waals surface area (Å²) in [4.78, 5) is 53.3. The molecule has 0 atom stereocenters. The van der Waals surface area contributed by atoms with Crippen molar-refractivity contribution in [1.29, 1.82) is 0 Å². The number of nitrogens with one attached hydrogen (secondary N) is 1. The zero-order valence-electron chi connectivity index (χ0n) is 25.1. The summed E-state index contributed by atoms with van der Waals surface area (Å²) in [6.45, 7) is 14.0. The Kier molecular flexibility index (Phi) is 19.3. The summed E-state index contributed by atoms with van der Waals surface area (Å²) in [5.41, 5.74) is 0.300. The van der Waals surface area contributed by atoms with E-state index < -0.39 is 17.9 Å². The monoisotopic (exact) mass is 575 g/mol. The van der Waals surface area contributed by atoms with Crippen molar-refractivity contribution in [3.05, 3.63) is 0 Å². The summed E-state index contributed by atoms with van der Waals surface area (Å²) in [5, 5.41) is 39.0. The number of nitrogens with zero attached hydrogens (tertiary/aromatic N) is 4. The van der Waals surface area contributed by atoms with E-state index in [2.05, 4.69) is 39.9 Å². The van der Waals surface area contributed by atoms with Crippen LogP contribution in [0.1, 0.15) is 47.5 Å². The molecule has 234 valence electrons. The fourth-order valence-corrected chi connectivity index (χ4v) is 3.88. The van der Waals surface area contributed by atoms with Crippen LogP contribution in [0.4, 0.5) is 0 Å². The minimum absolute atomic E-state index is 0.120. The van der Waals surface area contributed by atoms with E-state index in [1.54, 1.807) is 14.7 Å². The maximum absolute atomic E-state index is 12.4. The molecule has 0 aliphatic carbocycles. The summed E-state index contributed by atoms with van der Waals surface area (Å²) >= 11 is 0. The predicted molar refractivity (Wildman–Crippen MR) is 152 cm³/mol. The van der Waals surface area contributed by atoms with Gasteiger partial charge in [0.15, 0.2) is 0 Å². The lowest BCUT2D eigenvalue weighted by Crippen LogP contribution is -2.49. The molecule has 0 unspecified atom stereocenters. The van der Waals surface area contributed by atoms with Crippen molar-refractivity contribution in [3.8, 4) is 0 Å². The highest BCUT2D eigenvalue weighted by molar-refractivity contribution is 5.78. The molecule has 1 amide bonds. The number of carboxylic acid groups (broad SMARTS) is 3. The Hall–Kier alpha value is -2.32. The number of rotatable bonds is 12. The third kappa shape index (κ3) is 22.5. The molecule has 1 saturated heterocycles. The standard InChI is InChI=1S/C21H39N5O7.C6H14O/c1-17(2)3-4-22-18(27)13-23-5-7-24(14-19(28)29)9-11-26(16-21(32)33)12-10-25(8-6-23)15-20(30)31;1-6(2,3)4-5-7/h17H,3-16H2,1-2H3,(H,22,27)(H,28,29)(H,30,31)(H,32,33);7H,4-5H2,1-3H3. The van der Waals surface area contributed by atoms with Crippen molar-refractivity contribution in [1.82, 2.24) is 24.9 Å². The van der Waals surface area contributed by atoms with Crippen molar-refractivity contribution in [2.75, 3.05) is 91.7 Å². The molecule has 13 heteroatoms. The summed E-state index contributed by atoms with van der Waals surface area (Å²) in [7, 11) is 0. The summed E-state index contributed by atoms with van der Waals surface area (Å²) in [6, 6.07) is 0. The highest BCUT2D eigenvalue weighted by Crippen LogP contribution is 2.16.